The lowest BCUT2D eigenvalue weighted by Gasteiger charge is -2.29. The number of phenols is 1. The molecule has 2 aliphatic rings. The summed E-state index contributed by atoms with van der Waals surface area (Å²) in [5.74, 6) is 2.09. The Morgan fingerprint density at radius 1 is 0.792 bits per heavy atom. The molecular formula is C19H24N2O3+2. The van der Waals surface area contributed by atoms with Crippen LogP contribution in [0.4, 0.5) is 0 Å². The molecular weight excluding hydrogens is 304 g/mol. The molecule has 0 unspecified atom stereocenters. The molecule has 0 spiro atoms. The number of fused-ring (bicyclic) bond motifs is 1. The van der Waals surface area contributed by atoms with Gasteiger partial charge in [-0.15, -0.1) is 0 Å². The first-order valence-electron chi connectivity index (χ1n) is 8.60. The third-order valence-electron chi connectivity index (χ3n) is 4.92. The van der Waals surface area contributed by atoms with Crippen LogP contribution in [-0.4, -0.2) is 38.1 Å². The fourth-order valence-electron chi connectivity index (χ4n) is 3.61. The van der Waals surface area contributed by atoms with Crippen molar-refractivity contribution < 1.29 is 24.4 Å². The number of phenolic OH excluding ortho intramolecular Hbond substituents is 1. The summed E-state index contributed by atoms with van der Waals surface area (Å²) in [7, 11) is 0. The number of piperazine rings is 1. The van der Waals surface area contributed by atoms with Crippen molar-refractivity contribution in [2.75, 3.05) is 33.0 Å². The Balaban J connectivity index is 1.30. The zero-order valence-corrected chi connectivity index (χ0v) is 13.8. The Hall–Kier alpha value is -2.24. The Kier molecular flexibility index (Phi) is 4.28. The van der Waals surface area contributed by atoms with E-state index in [0.717, 1.165) is 37.7 Å². The highest BCUT2D eigenvalue weighted by molar-refractivity contribution is 5.44. The standard InChI is InChI=1S/C19H22N2O3/c22-17-3-1-2-15(10-17)12-20-6-8-21(9-7-20)13-16-4-5-18-19(11-16)24-14-23-18/h1-5,10-11,22H,6-9,12-14H2/p+2. The van der Waals surface area contributed by atoms with Crippen molar-refractivity contribution in [2.24, 2.45) is 0 Å². The highest BCUT2D eigenvalue weighted by Crippen LogP contribution is 2.32. The van der Waals surface area contributed by atoms with Gasteiger partial charge >= 0.3 is 0 Å². The minimum absolute atomic E-state index is 0.336. The van der Waals surface area contributed by atoms with Gasteiger partial charge in [0.15, 0.2) is 11.5 Å². The highest BCUT2D eigenvalue weighted by atomic mass is 16.7. The zero-order chi connectivity index (χ0) is 16.4. The van der Waals surface area contributed by atoms with Crippen LogP contribution in [0.2, 0.25) is 0 Å². The molecule has 0 aromatic heterocycles. The molecule has 0 bridgehead atoms. The van der Waals surface area contributed by atoms with E-state index in [1.807, 2.05) is 18.2 Å². The molecule has 5 heteroatoms. The monoisotopic (exact) mass is 328 g/mol. The summed E-state index contributed by atoms with van der Waals surface area (Å²) >= 11 is 0. The van der Waals surface area contributed by atoms with E-state index in [9.17, 15) is 5.11 Å². The van der Waals surface area contributed by atoms with Crippen molar-refractivity contribution >= 4 is 0 Å². The van der Waals surface area contributed by atoms with Crippen molar-refractivity contribution in [2.45, 2.75) is 13.1 Å². The summed E-state index contributed by atoms with van der Waals surface area (Å²) in [4.78, 5) is 3.21. The number of hydrogen-bond acceptors (Lipinski definition) is 3. The van der Waals surface area contributed by atoms with Gasteiger partial charge < -0.3 is 24.4 Å². The minimum Gasteiger partial charge on any atom is -0.508 e. The average Bonchev–Trinajstić information content (AvgIpc) is 3.04. The van der Waals surface area contributed by atoms with Crippen molar-refractivity contribution in [3.05, 3.63) is 53.6 Å². The second kappa shape index (κ2) is 6.71. The molecule has 4 rings (SSSR count). The van der Waals surface area contributed by atoms with Gasteiger partial charge in [-0.2, -0.15) is 0 Å². The van der Waals surface area contributed by atoms with Crippen LogP contribution in [0.5, 0.6) is 17.2 Å². The van der Waals surface area contributed by atoms with Gasteiger partial charge in [0.2, 0.25) is 6.79 Å². The maximum atomic E-state index is 9.58. The Morgan fingerprint density at radius 3 is 2.17 bits per heavy atom. The molecule has 3 N–H and O–H groups in total. The normalized spacial score (nSPS) is 22.5. The summed E-state index contributed by atoms with van der Waals surface area (Å²) in [6.45, 7) is 7.03. The first-order chi connectivity index (χ1) is 11.8. The van der Waals surface area contributed by atoms with Crippen LogP contribution in [0.1, 0.15) is 11.1 Å². The van der Waals surface area contributed by atoms with E-state index in [1.54, 1.807) is 15.9 Å². The van der Waals surface area contributed by atoms with Gasteiger partial charge in [0.05, 0.1) is 0 Å². The summed E-state index contributed by atoms with van der Waals surface area (Å²) in [5.41, 5.74) is 2.52. The Bertz CT molecular complexity index is 712. The van der Waals surface area contributed by atoms with E-state index in [4.69, 9.17) is 9.47 Å². The van der Waals surface area contributed by atoms with Crippen LogP contribution in [0.3, 0.4) is 0 Å². The molecule has 5 nitrogen and oxygen atoms in total. The molecule has 0 radical (unpaired) electrons. The van der Waals surface area contributed by atoms with E-state index < -0.39 is 0 Å². The van der Waals surface area contributed by atoms with Gasteiger partial charge in [-0.3, -0.25) is 0 Å². The molecule has 1 fully saturated rings. The van der Waals surface area contributed by atoms with E-state index in [-0.39, 0.29) is 0 Å². The number of hydrogen-bond donors (Lipinski definition) is 3. The maximum Gasteiger partial charge on any atom is 0.231 e. The van der Waals surface area contributed by atoms with Crippen molar-refractivity contribution in [3.63, 3.8) is 0 Å². The Labute approximate surface area is 142 Å². The third-order valence-corrected chi connectivity index (χ3v) is 4.92. The average molecular weight is 328 g/mol. The van der Waals surface area contributed by atoms with Crippen LogP contribution in [0.25, 0.3) is 0 Å². The molecule has 1 saturated heterocycles. The molecule has 0 amide bonds. The van der Waals surface area contributed by atoms with Gasteiger partial charge in [-0.1, -0.05) is 12.1 Å². The molecule has 2 heterocycles. The number of nitrogens with one attached hydrogen (secondary N) is 2. The van der Waals surface area contributed by atoms with E-state index in [1.165, 1.54) is 24.2 Å². The topological polar surface area (TPSA) is 47.6 Å². The quantitative estimate of drug-likeness (QED) is 0.716. The van der Waals surface area contributed by atoms with Crippen LogP contribution >= 0.6 is 0 Å². The van der Waals surface area contributed by atoms with Crippen molar-refractivity contribution in [3.8, 4) is 17.2 Å². The first kappa shape index (κ1) is 15.3. The smallest absolute Gasteiger partial charge is 0.231 e. The Morgan fingerprint density at radius 2 is 1.46 bits per heavy atom. The molecule has 126 valence electrons. The van der Waals surface area contributed by atoms with Gasteiger partial charge in [0, 0.05) is 11.1 Å². The fraction of sp³-hybridized carbons (Fsp3) is 0.368. The molecule has 24 heavy (non-hydrogen) atoms. The SMILES string of the molecule is Oc1cccc(C[NH+]2CC[NH+](Cc3ccc4c(c3)OCO4)CC2)c1. The van der Waals surface area contributed by atoms with Gasteiger partial charge in [0.1, 0.15) is 45.0 Å². The fourth-order valence-corrected chi connectivity index (χ4v) is 3.61. The second-order valence-electron chi connectivity index (χ2n) is 6.71. The second-order valence-corrected chi connectivity index (χ2v) is 6.71. The van der Waals surface area contributed by atoms with Gasteiger partial charge in [-0.25, -0.2) is 0 Å². The minimum atomic E-state index is 0.336. The number of aromatic hydroxyl groups is 1. The largest absolute Gasteiger partial charge is 0.508 e. The molecule has 0 aliphatic carbocycles. The number of quaternary nitrogens is 2. The number of benzene rings is 2. The molecule has 0 atom stereocenters. The summed E-state index contributed by atoms with van der Waals surface area (Å²) < 4.78 is 10.8. The van der Waals surface area contributed by atoms with E-state index in [0.29, 0.717) is 12.5 Å². The van der Waals surface area contributed by atoms with Crippen LogP contribution in [0.15, 0.2) is 42.5 Å². The molecule has 0 saturated carbocycles. The third kappa shape index (κ3) is 3.47. The predicted molar refractivity (Wildman–Crippen MR) is 89.5 cm³/mol. The summed E-state index contributed by atoms with van der Waals surface area (Å²) in [5, 5.41) is 9.58. The van der Waals surface area contributed by atoms with Crippen LogP contribution in [-0.2, 0) is 13.1 Å². The summed E-state index contributed by atoms with van der Waals surface area (Å²) in [6, 6.07) is 13.9. The van der Waals surface area contributed by atoms with E-state index in [2.05, 4.69) is 18.2 Å². The number of rotatable bonds is 4. The highest BCUT2D eigenvalue weighted by Gasteiger charge is 2.24. The lowest BCUT2D eigenvalue weighted by Crippen LogP contribution is -3.27. The van der Waals surface area contributed by atoms with Gasteiger partial charge in [0.25, 0.3) is 0 Å². The lowest BCUT2D eigenvalue weighted by atomic mass is 10.1. The number of ether oxygens (including phenoxy) is 2. The lowest BCUT2D eigenvalue weighted by molar-refractivity contribution is -1.02. The summed E-state index contributed by atoms with van der Waals surface area (Å²) in [6.07, 6.45) is 0. The van der Waals surface area contributed by atoms with E-state index >= 15 is 0 Å². The first-order valence-corrected chi connectivity index (χ1v) is 8.60. The van der Waals surface area contributed by atoms with Gasteiger partial charge in [-0.05, 0) is 30.3 Å². The van der Waals surface area contributed by atoms with Crippen molar-refractivity contribution in [1.82, 2.24) is 0 Å². The zero-order valence-electron chi connectivity index (χ0n) is 13.8. The van der Waals surface area contributed by atoms with Crippen molar-refractivity contribution in [1.29, 1.82) is 0 Å². The predicted octanol–water partition coefficient (Wildman–Crippen LogP) is -0.395. The molecule has 2 aromatic rings. The maximum absolute atomic E-state index is 9.58. The van der Waals surface area contributed by atoms with Crippen LogP contribution < -0.4 is 19.3 Å². The van der Waals surface area contributed by atoms with Crippen LogP contribution in [0, 0.1) is 0 Å². The molecule has 2 aliphatic heterocycles. The molecule has 2 aromatic carbocycles.